The average Bonchev–Trinajstić information content (AvgIpc) is 3.06. The molecule has 2 aromatic carbocycles. The summed E-state index contributed by atoms with van der Waals surface area (Å²) in [5.41, 5.74) is 10.9. The van der Waals surface area contributed by atoms with Crippen molar-refractivity contribution in [3.8, 4) is 0 Å². The van der Waals surface area contributed by atoms with E-state index in [9.17, 15) is 4.79 Å². The van der Waals surface area contributed by atoms with E-state index < -0.39 is 0 Å². The van der Waals surface area contributed by atoms with Crippen molar-refractivity contribution in [1.29, 1.82) is 0 Å². The van der Waals surface area contributed by atoms with Crippen LogP contribution in [0.2, 0.25) is 0 Å². The lowest BCUT2D eigenvalue weighted by Crippen LogP contribution is -2.24. The molecule has 0 radical (unpaired) electrons. The Morgan fingerprint density at radius 1 is 1.16 bits per heavy atom. The fourth-order valence-corrected chi connectivity index (χ4v) is 3.51. The van der Waals surface area contributed by atoms with E-state index in [1.165, 1.54) is 16.5 Å². The molecule has 1 unspecified atom stereocenters. The number of para-hydroxylation sites is 1. The highest BCUT2D eigenvalue weighted by Gasteiger charge is 2.23. The molecule has 0 spiro atoms. The van der Waals surface area contributed by atoms with E-state index in [0.29, 0.717) is 5.69 Å². The summed E-state index contributed by atoms with van der Waals surface area (Å²) in [6.45, 7) is 0. The van der Waals surface area contributed by atoms with Crippen molar-refractivity contribution in [3.63, 3.8) is 0 Å². The minimum Gasteiger partial charge on any atom is -0.399 e. The van der Waals surface area contributed by atoms with Gasteiger partial charge in [-0.15, -0.1) is 0 Å². The Morgan fingerprint density at radius 2 is 2.04 bits per heavy atom. The number of nitrogens with one attached hydrogen (secondary N) is 2. The smallest absolute Gasteiger partial charge is 0.227 e. The predicted molar refractivity (Wildman–Crippen MR) is 103 cm³/mol. The normalized spacial score (nSPS) is 17.3. The Morgan fingerprint density at radius 3 is 2.84 bits per heavy atom. The number of carbonyl (C=O) groups is 1. The molecule has 4 N–H and O–H groups in total. The molecule has 126 valence electrons. The first-order valence-corrected chi connectivity index (χ1v) is 8.62. The molecule has 1 atom stereocenters. The van der Waals surface area contributed by atoms with E-state index >= 15 is 0 Å². The first-order valence-electron chi connectivity index (χ1n) is 8.62. The molecule has 3 aromatic rings. The maximum atomic E-state index is 12.5. The SMILES string of the molecule is Nc1cccc(NC(=O)C2CC=C(c3c[nH]c4ccccc34)CC2)c1. The number of anilines is 2. The van der Waals surface area contributed by atoms with Crippen LogP contribution in [0, 0.1) is 5.92 Å². The highest BCUT2D eigenvalue weighted by atomic mass is 16.1. The van der Waals surface area contributed by atoms with Gasteiger partial charge in [-0.25, -0.2) is 0 Å². The van der Waals surface area contributed by atoms with Crippen LogP contribution in [-0.2, 0) is 4.79 Å². The second kappa shape index (κ2) is 6.48. The van der Waals surface area contributed by atoms with Crippen molar-refractivity contribution in [1.82, 2.24) is 4.98 Å². The molecule has 4 rings (SSSR count). The summed E-state index contributed by atoms with van der Waals surface area (Å²) in [5, 5.41) is 4.22. The molecular weight excluding hydrogens is 310 g/mol. The van der Waals surface area contributed by atoms with Gasteiger partial charge in [-0.1, -0.05) is 30.3 Å². The number of benzene rings is 2. The zero-order valence-electron chi connectivity index (χ0n) is 14.0. The molecule has 0 saturated heterocycles. The second-order valence-corrected chi connectivity index (χ2v) is 6.56. The van der Waals surface area contributed by atoms with Crippen LogP contribution in [0.4, 0.5) is 11.4 Å². The molecule has 1 heterocycles. The number of nitrogen functional groups attached to an aromatic ring is 1. The minimum atomic E-state index is 0.00962. The van der Waals surface area contributed by atoms with Gasteiger partial charge in [0.05, 0.1) is 0 Å². The van der Waals surface area contributed by atoms with E-state index in [0.717, 1.165) is 30.5 Å². The predicted octanol–water partition coefficient (Wildman–Crippen LogP) is 4.57. The van der Waals surface area contributed by atoms with Crippen LogP contribution in [0.1, 0.15) is 24.8 Å². The van der Waals surface area contributed by atoms with E-state index in [1.54, 1.807) is 6.07 Å². The van der Waals surface area contributed by atoms with Crippen molar-refractivity contribution in [2.24, 2.45) is 5.92 Å². The largest absolute Gasteiger partial charge is 0.399 e. The third-order valence-corrected chi connectivity index (χ3v) is 4.87. The number of aromatic nitrogens is 1. The number of amides is 1. The third-order valence-electron chi connectivity index (χ3n) is 4.87. The number of hydrogen-bond donors (Lipinski definition) is 3. The molecule has 0 fully saturated rings. The van der Waals surface area contributed by atoms with Crippen LogP contribution in [0.3, 0.4) is 0 Å². The van der Waals surface area contributed by atoms with Crippen LogP contribution in [-0.4, -0.2) is 10.9 Å². The van der Waals surface area contributed by atoms with E-state index in [1.807, 2.05) is 24.3 Å². The number of fused-ring (bicyclic) bond motifs is 1. The summed E-state index contributed by atoms with van der Waals surface area (Å²) < 4.78 is 0. The molecule has 1 amide bonds. The van der Waals surface area contributed by atoms with E-state index in [4.69, 9.17) is 5.73 Å². The fourth-order valence-electron chi connectivity index (χ4n) is 3.51. The molecule has 1 aromatic heterocycles. The third kappa shape index (κ3) is 3.15. The van der Waals surface area contributed by atoms with Gasteiger partial charge in [0.15, 0.2) is 0 Å². The maximum absolute atomic E-state index is 12.5. The highest BCUT2D eigenvalue weighted by Crippen LogP contribution is 2.34. The summed E-state index contributed by atoms with van der Waals surface area (Å²) in [6, 6.07) is 15.6. The van der Waals surface area contributed by atoms with Gasteiger partial charge >= 0.3 is 0 Å². The molecule has 0 saturated carbocycles. The standard InChI is InChI=1S/C21H21N3O/c22-16-4-3-5-17(12-16)24-21(25)15-10-8-14(9-11-15)19-13-23-20-7-2-1-6-18(19)20/h1-8,12-13,15,23H,9-11,22H2,(H,24,25). The lowest BCUT2D eigenvalue weighted by atomic mass is 9.86. The van der Waals surface area contributed by atoms with Gasteiger partial charge in [-0.3, -0.25) is 4.79 Å². The minimum absolute atomic E-state index is 0.00962. The zero-order chi connectivity index (χ0) is 17.2. The molecule has 0 bridgehead atoms. The lowest BCUT2D eigenvalue weighted by molar-refractivity contribution is -0.120. The highest BCUT2D eigenvalue weighted by molar-refractivity contribution is 5.95. The Labute approximate surface area is 146 Å². The summed E-state index contributed by atoms with van der Waals surface area (Å²) in [4.78, 5) is 15.8. The van der Waals surface area contributed by atoms with Gasteiger partial charge < -0.3 is 16.0 Å². The molecule has 25 heavy (non-hydrogen) atoms. The molecule has 1 aliphatic rings. The van der Waals surface area contributed by atoms with Crippen molar-refractivity contribution in [2.75, 3.05) is 11.1 Å². The van der Waals surface area contributed by atoms with Crippen molar-refractivity contribution >= 4 is 33.8 Å². The Hall–Kier alpha value is -3.01. The van der Waals surface area contributed by atoms with Gasteiger partial charge in [-0.2, -0.15) is 0 Å². The first-order chi connectivity index (χ1) is 12.2. The number of hydrogen-bond acceptors (Lipinski definition) is 2. The van der Waals surface area contributed by atoms with E-state index in [2.05, 4.69) is 40.8 Å². The quantitative estimate of drug-likeness (QED) is 0.615. The van der Waals surface area contributed by atoms with Gasteiger partial charge in [0.2, 0.25) is 5.91 Å². The van der Waals surface area contributed by atoms with Gasteiger partial charge in [-0.05, 0) is 49.1 Å². The van der Waals surface area contributed by atoms with Crippen LogP contribution < -0.4 is 11.1 Å². The van der Waals surface area contributed by atoms with Crippen molar-refractivity contribution in [2.45, 2.75) is 19.3 Å². The van der Waals surface area contributed by atoms with Crippen LogP contribution in [0.25, 0.3) is 16.5 Å². The topological polar surface area (TPSA) is 70.9 Å². The Kier molecular flexibility index (Phi) is 4.02. The molecule has 4 heteroatoms. The van der Waals surface area contributed by atoms with Gasteiger partial charge in [0, 0.05) is 40.0 Å². The van der Waals surface area contributed by atoms with E-state index in [-0.39, 0.29) is 11.8 Å². The summed E-state index contributed by atoms with van der Waals surface area (Å²) >= 11 is 0. The number of rotatable bonds is 3. The number of allylic oxidation sites excluding steroid dienone is 2. The first kappa shape index (κ1) is 15.5. The fraction of sp³-hybridized carbons (Fsp3) is 0.190. The summed E-state index contributed by atoms with van der Waals surface area (Å²) in [7, 11) is 0. The molecule has 1 aliphatic carbocycles. The molecular formula is C21H21N3O. The molecule has 4 nitrogen and oxygen atoms in total. The monoisotopic (exact) mass is 331 g/mol. The van der Waals surface area contributed by atoms with Crippen molar-refractivity contribution < 1.29 is 4.79 Å². The van der Waals surface area contributed by atoms with Crippen LogP contribution in [0.15, 0.2) is 60.8 Å². The maximum Gasteiger partial charge on any atom is 0.227 e. The zero-order valence-corrected chi connectivity index (χ0v) is 14.0. The average molecular weight is 331 g/mol. The number of carbonyl (C=O) groups excluding carboxylic acids is 1. The number of aromatic amines is 1. The van der Waals surface area contributed by atoms with Crippen molar-refractivity contribution in [3.05, 3.63) is 66.4 Å². The summed E-state index contributed by atoms with van der Waals surface area (Å²) in [5.74, 6) is 0.0789. The Bertz CT molecular complexity index is 954. The van der Waals surface area contributed by atoms with Crippen LogP contribution >= 0.6 is 0 Å². The summed E-state index contributed by atoms with van der Waals surface area (Å²) in [6.07, 6.45) is 6.83. The number of nitrogens with two attached hydrogens (primary N) is 1. The van der Waals surface area contributed by atoms with Gasteiger partial charge in [0.1, 0.15) is 0 Å². The molecule has 0 aliphatic heterocycles. The van der Waals surface area contributed by atoms with Crippen LogP contribution in [0.5, 0.6) is 0 Å². The Balaban J connectivity index is 1.47. The second-order valence-electron chi connectivity index (χ2n) is 6.56. The lowest BCUT2D eigenvalue weighted by Gasteiger charge is -2.21. The number of H-pyrrole nitrogens is 1. The van der Waals surface area contributed by atoms with Gasteiger partial charge in [0.25, 0.3) is 0 Å².